The highest BCUT2D eigenvalue weighted by Crippen LogP contribution is 2.09. The van der Waals surface area contributed by atoms with Crippen molar-refractivity contribution in [2.24, 2.45) is 5.73 Å². The van der Waals surface area contributed by atoms with Gasteiger partial charge in [-0.3, -0.25) is 0 Å². The van der Waals surface area contributed by atoms with Crippen molar-refractivity contribution in [1.29, 1.82) is 0 Å². The van der Waals surface area contributed by atoms with Crippen molar-refractivity contribution in [3.63, 3.8) is 0 Å². The maximum atomic E-state index is 6.07. The predicted molar refractivity (Wildman–Crippen MR) is 65.3 cm³/mol. The molecule has 2 N–H and O–H groups in total. The van der Waals surface area contributed by atoms with Crippen LogP contribution in [-0.2, 0) is 12.8 Å². The SMILES string of the molecule is Cc1ccc(CC(N)Cc2ccco2)cc1. The van der Waals surface area contributed by atoms with Crippen LogP contribution in [0, 0.1) is 6.92 Å². The highest BCUT2D eigenvalue weighted by Gasteiger charge is 2.07. The second-order valence-electron chi connectivity index (χ2n) is 4.23. The van der Waals surface area contributed by atoms with Crippen LogP contribution in [0.4, 0.5) is 0 Å². The van der Waals surface area contributed by atoms with E-state index in [9.17, 15) is 0 Å². The van der Waals surface area contributed by atoms with E-state index in [-0.39, 0.29) is 6.04 Å². The zero-order chi connectivity index (χ0) is 11.4. The minimum atomic E-state index is 0.119. The second-order valence-corrected chi connectivity index (χ2v) is 4.23. The Balaban J connectivity index is 1.92. The third-order valence-corrected chi connectivity index (χ3v) is 2.66. The summed E-state index contributed by atoms with van der Waals surface area (Å²) in [6, 6.07) is 12.5. The molecule has 16 heavy (non-hydrogen) atoms. The molecule has 0 aliphatic heterocycles. The number of aryl methyl sites for hydroxylation is 1. The Kier molecular flexibility index (Phi) is 3.42. The number of furan rings is 1. The van der Waals surface area contributed by atoms with Crippen molar-refractivity contribution < 1.29 is 4.42 Å². The molecule has 2 heteroatoms. The first kappa shape index (κ1) is 11.0. The van der Waals surface area contributed by atoms with Gasteiger partial charge >= 0.3 is 0 Å². The van der Waals surface area contributed by atoms with E-state index in [1.165, 1.54) is 11.1 Å². The zero-order valence-electron chi connectivity index (χ0n) is 9.52. The van der Waals surface area contributed by atoms with E-state index in [2.05, 4.69) is 31.2 Å². The Morgan fingerprint density at radius 1 is 1.12 bits per heavy atom. The predicted octanol–water partition coefficient (Wildman–Crippen LogP) is 2.70. The summed E-state index contributed by atoms with van der Waals surface area (Å²) in [5.74, 6) is 0.958. The van der Waals surface area contributed by atoms with E-state index in [4.69, 9.17) is 10.2 Å². The Labute approximate surface area is 96.1 Å². The molecule has 1 aromatic carbocycles. The fourth-order valence-electron chi connectivity index (χ4n) is 1.79. The van der Waals surface area contributed by atoms with Crippen molar-refractivity contribution in [3.05, 3.63) is 59.5 Å². The lowest BCUT2D eigenvalue weighted by Crippen LogP contribution is -2.25. The fraction of sp³-hybridized carbons (Fsp3) is 0.286. The number of benzene rings is 1. The molecule has 0 amide bonds. The number of hydrogen-bond acceptors (Lipinski definition) is 2. The number of nitrogens with two attached hydrogens (primary N) is 1. The van der Waals surface area contributed by atoms with Crippen LogP contribution < -0.4 is 5.73 Å². The van der Waals surface area contributed by atoms with Gasteiger partial charge in [-0.2, -0.15) is 0 Å². The van der Waals surface area contributed by atoms with Gasteiger partial charge in [0.2, 0.25) is 0 Å². The molecule has 2 rings (SSSR count). The summed E-state index contributed by atoms with van der Waals surface area (Å²) in [5.41, 5.74) is 8.64. The van der Waals surface area contributed by atoms with E-state index < -0.39 is 0 Å². The monoisotopic (exact) mass is 215 g/mol. The largest absolute Gasteiger partial charge is 0.469 e. The van der Waals surface area contributed by atoms with Gasteiger partial charge in [-0.25, -0.2) is 0 Å². The average Bonchev–Trinajstić information content (AvgIpc) is 2.74. The first-order valence-electron chi connectivity index (χ1n) is 5.57. The molecule has 1 unspecified atom stereocenters. The molecule has 0 aliphatic carbocycles. The van der Waals surface area contributed by atoms with E-state index in [1.807, 2.05) is 12.1 Å². The van der Waals surface area contributed by atoms with Crippen LogP contribution in [-0.4, -0.2) is 6.04 Å². The first-order valence-corrected chi connectivity index (χ1v) is 5.57. The van der Waals surface area contributed by atoms with Gasteiger partial charge in [0.1, 0.15) is 5.76 Å². The summed E-state index contributed by atoms with van der Waals surface area (Å²) in [4.78, 5) is 0. The van der Waals surface area contributed by atoms with Crippen LogP contribution >= 0.6 is 0 Å². The van der Waals surface area contributed by atoms with E-state index in [0.29, 0.717) is 0 Å². The van der Waals surface area contributed by atoms with Gasteiger partial charge < -0.3 is 10.2 Å². The van der Waals surface area contributed by atoms with Crippen molar-refractivity contribution in [2.75, 3.05) is 0 Å². The molecule has 2 nitrogen and oxygen atoms in total. The van der Waals surface area contributed by atoms with Gasteiger partial charge in [-0.1, -0.05) is 29.8 Å². The Hall–Kier alpha value is -1.54. The van der Waals surface area contributed by atoms with Crippen LogP contribution in [0.25, 0.3) is 0 Å². The summed E-state index contributed by atoms with van der Waals surface area (Å²) in [6.07, 6.45) is 3.37. The van der Waals surface area contributed by atoms with E-state index in [1.54, 1.807) is 6.26 Å². The molecule has 0 radical (unpaired) electrons. The third-order valence-electron chi connectivity index (χ3n) is 2.66. The van der Waals surface area contributed by atoms with Crippen LogP contribution in [0.5, 0.6) is 0 Å². The number of hydrogen-bond donors (Lipinski definition) is 1. The molecular weight excluding hydrogens is 198 g/mol. The lowest BCUT2D eigenvalue weighted by molar-refractivity contribution is 0.483. The molecule has 0 bridgehead atoms. The molecule has 1 aromatic heterocycles. The van der Waals surface area contributed by atoms with Crippen molar-refractivity contribution in [2.45, 2.75) is 25.8 Å². The van der Waals surface area contributed by atoms with Crippen LogP contribution in [0.2, 0.25) is 0 Å². The Morgan fingerprint density at radius 2 is 1.88 bits per heavy atom. The minimum Gasteiger partial charge on any atom is -0.469 e. The molecule has 2 aromatic rings. The highest BCUT2D eigenvalue weighted by atomic mass is 16.3. The Morgan fingerprint density at radius 3 is 2.50 bits per heavy atom. The van der Waals surface area contributed by atoms with Gasteiger partial charge in [0, 0.05) is 12.5 Å². The molecule has 0 spiro atoms. The molecular formula is C14H17NO. The van der Waals surface area contributed by atoms with Gasteiger partial charge in [-0.15, -0.1) is 0 Å². The van der Waals surface area contributed by atoms with Crippen molar-refractivity contribution in [3.8, 4) is 0 Å². The molecule has 0 saturated heterocycles. The lowest BCUT2D eigenvalue weighted by Gasteiger charge is -2.10. The quantitative estimate of drug-likeness (QED) is 0.851. The summed E-state index contributed by atoms with van der Waals surface area (Å²) in [5, 5.41) is 0. The number of rotatable bonds is 4. The van der Waals surface area contributed by atoms with Crippen LogP contribution in [0.3, 0.4) is 0 Å². The smallest absolute Gasteiger partial charge is 0.105 e. The molecule has 1 heterocycles. The van der Waals surface area contributed by atoms with Gasteiger partial charge in [0.25, 0.3) is 0 Å². The average molecular weight is 215 g/mol. The van der Waals surface area contributed by atoms with Crippen molar-refractivity contribution >= 4 is 0 Å². The van der Waals surface area contributed by atoms with E-state index >= 15 is 0 Å². The van der Waals surface area contributed by atoms with Gasteiger partial charge in [0.05, 0.1) is 6.26 Å². The maximum absolute atomic E-state index is 6.07. The normalized spacial score (nSPS) is 12.6. The zero-order valence-corrected chi connectivity index (χ0v) is 9.52. The molecule has 84 valence electrons. The highest BCUT2D eigenvalue weighted by molar-refractivity contribution is 5.22. The molecule has 0 aliphatic rings. The summed E-state index contributed by atoms with van der Waals surface area (Å²) >= 11 is 0. The first-order chi connectivity index (χ1) is 7.74. The van der Waals surface area contributed by atoms with Gasteiger partial charge in [0.15, 0.2) is 0 Å². The standard InChI is InChI=1S/C14H17NO/c1-11-4-6-12(7-5-11)9-13(15)10-14-3-2-8-16-14/h2-8,13H,9-10,15H2,1H3. The lowest BCUT2D eigenvalue weighted by atomic mass is 10.0. The minimum absolute atomic E-state index is 0.119. The molecule has 0 fully saturated rings. The molecule has 0 saturated carbocycles. The summed E-state index contributed by atoms with van der Waals surface area (Å²) < 4.78 is 5.28. The third kappa shape index (κ3) is 2.97. The van der Waals surface area contributed by atoms with Crippen LogP contribution in [0.15, 0.2) is 47.1 Å². The Bertz CT molecular complexity index is 417. The maximum Gasteiger partial charge on any atom is 0.105 e. The summed E-state index contributed by atoms with van der Waals surface area (Å²) in [7, 11) is 0. The van der Waals surface area contributed by atoms with Gasteiger partial charge in [-0.05, 0) is 31.0 Å². The van der Waals surface area contributed by atoms with Crippen molar-refractivity contribution in [1.82, 2.24) is 0 Å². The van der Waals surface area contributed by atoms with Crippen LogP contribution in [0.1, 0.15) is 16.9 Å². The fourth-order valence-corrected chi connectivity index (χ4v) is 1.79. The second kappa shape index (κ2) is 4.99. The summed E-state index contributed by atoms with van der Waals surface area (Å²) in [6.45, 7) is 2.09. The molecule has 1 atom stereocenters. The van der Waals surface area contributed by atoms with E-state index in [0.717, 1.165) is 18.6 Å². The topological polar surface area (TPSA) is 39.2 Å².